The molecule has 1 aliphatic carbocycles. The van der Waals surface area contributed by atoms with Gasteiger partial charge in [0.15, 0.2) is 0 Å². The molecule has 0 atom stereocenters. The second-order valence-electron chi connectivity index (χ2n) is 5.70. The van der Waals surface area contributed by atoms with Gasteiger partial charge in [-0.1, -0.05) is 26.0 Å². The molecule has 1 nitrogen and oxygen atoms in total. The Kier molecular flexibility index (Phi) is 3.53. The van der Waals surface area contributed by atoms with Crippen LogP contribution in [0.2, 0.25) is 0 Å². The lowest BCUT2D eigenvalue weighted by atomic mass is 9.92. The summed E-state index contributed by atoms with van der Waals surface area (Å²) in [5.74, 6) is 0.638. The summed E-state index contributed by atoms with van der Waals surface area (Å²) in [6, 6.07) is 5.49. The topological polar surface area (TPSA) is 12.0 Å². The Balaban J connectivity index is 1.84. The first-order valence-electron chi connectivity index (χ1n) is 6.49. The van der Waals surface area contributed by atoms with Gasteiger partial charge in [0, 0.05) is 13.1 Å². The summed E-state index contributed by atoms with van der Waals surface area (Å²) in [6.07, 6.45) is 2.67. The molecule has 0 aliphatic heterocycles. The summed E-state index contributed by atoms with van der Waals surface area (Å²) in [6.45, 7) is 8.21. The molecule has 0 amide bonds. The van der Waals surface area contributed by atoms with Crippen LogP contribution in [0.4, 0.5) is 4.39 Å². The van der Waals surface area contributed by atoms with Crippen molar-refractivity contribution in [3.63, 3.8) is 0 Å². The van der Waals surface area contributed by atoms with Gasteiger partial charge in [-0.05, 0) is 48.3 Å². The molecule has 1 aromatic rings. The average Bonchev–Trinajstić information content (AvgIpc) is 3.04. The van der Waals surface area contributed by atoms with Gasteiger partial charge >= 0.3 is 0 Å². The van der Waals surface area contributed by atoms with Crippen molar-refractivity contribution in [1.29, 1.82) is 0 Å². The third kappa shape index (κ3) is 2.86. The zero-order valence-corrected chi connectivity index (χ0v) is 11.0. The summed E-state index contributed by atoms with van der Waals surface area (Å²) in [4.78, 5) is 0. The molecule has 94 valence electrons. The van der Waals surface area contributed by atoms with Crippen LogP contribution >= 0.6 is 0 Å². The zero-order valence-electron chi connectivity index (χ0n) is 11.0. The van der Waals surface area contributed by atoms with Crippen molar-refractivity contribution >= 4 is 0 Å². The van der Waals surface area contributed by atoms with Crippen LogP contribution in [-0.2, 0) is 6.54 Å². The van der Waals surface area contributed by atoms with Crippen molar-refractivity contribution in [1.82, 2.24) is 5.32 Å². The molecule has 17 heavy (non-hydrogen) atoms. The van der Waals surface area contributed by atoms with Crippen molar-refractivity contribution in [3.8, 4) is 0 Å². The lowest BCUT2D eigenvalue weighted by Gasteiger charge is -2.20. The van der Waals surface area contributed by atoms with Gasteiger partial charge in [0.05, 0.1) is 0 Å². The number of rotatable bonds is 5. The summed E-state index contributed by atoms with van der Waals surface area (Å²) in [7, 11) is 0. The van der Waals surface area contributed by atoms with Crippen LogP contribution in [0.1, 0.15) is 37.8 Å². The second-order valence-corrected chi connectivity index (χ2v) is 5.70. The van der Waals surface area contributed by atoms with E-state index in [9.17, 15) is 4.39 Å². The maximum absolute atomic E-state index is 13.4. The van der Waals surface area contributed by atoms with Crippen LogP contribution in [0.5, 0.6) is 0 Å². The number of hydrogen-bond donors (Lipinski definition) is 1. The molecule has 0 aromatic heterocycles. The number of aryl methyl sites for hydroxylation is 1. The fourth-order valence-corrected chi connectivity index (χ4v) is 2.32. The molecule has 1 saturated carbocycles. The molecule has 0 bridgehead atoms. The molecule has 0 unspecified atom stereocenters. The molecule has 1 fully saturated rings. The molecule has 1 N–H and O–H groups in total. The van der Waals surface area contributed by atoms with Gasteiger partial charge in [-0.2, -0.15) is 0 Å². The first-order chi connectivity index (χ1) is 8.03. The maximum Gasteiger partial charge on any atom is 0.126 e. The third-order valence-electron chi connectivity index (χ3n) is 4.16. The van der Waals surface area contributed by atoms with Crippen molar-refractivity contribution in [2.24, 2.45) is 11.3 Å². The van der Waals surface area contributed by atoms with E-state index in [0.29, 0.717) is 5.41 Å². The highest BCUT2D eigenvalue weighted by Crippen LogP contribution is 2.51. The monoisotopic (exact) mass is 235 g/mol. The van der Waals surface area contributed by atoms with Crippen LogP contribution in [-0.4, -0.2) is 6.54 Å². The molecule has 0 saturated heterocycles. The Morgan fingerprint density at radius 3 is 2.59 bits per heavy atom. The third-order valence-corrected chi connectivity index (χ3v) is 4.16. The van der Waals surface area contributed by atoms with Gasteiger partial charge in [-0.3, -0.25) is 0 Å². The minimum atomic E-state index is -0.103. The van der Waals surface area contributed by atoms with Crippen LogP contribution in [0.3, 0.4) is 0 Å². The Bertz CT molecular complexity index is 394. The number of hydrogen-bond acceptors (Lipinski definition) is 1. The van der Waals surface area contributed by atoms with E-state index in [4.69, 9.17) is 0 Å². The normalized spacial score (nSPS) is 17.5. The van der Waals surface area contributed by atoms with Gasteiger partial charge in [0.25, 0.3) is 0 Å². The zero-order chi connectivity index (χ0) is 12.5. The van der Waals surface area contributed by atoms with Crippen molar-refractivity contribution in [2.75, 3.05) is 6.54 Å². The highest BCUT2D eigenvalue weighted by atomic mass is 19.1. The van der Waals surface area contributed by atoms with Crippen molar-refractivity contribution in [3.05, 3.63) is 35.1 Å². The Morgan fingerprint density at radius 1 is 1.35 bits per heavy atom. The molecule has 1 aliphatic rings. The van der Waals surface area contributed by atoms with E-state index < -0.39 is 0 Å². The standard InChI is InChI=1S/C15H22FN/c1-11(2)15(6-7-15)10-17-9-13-5-4-12(3)14(16)8-13/h4-5,8,11,17H,6-7,9-10H2,1-3H3. The Hall–Kier alpha value is -0.890. The van der Waals surface area contributed by atoms with Gasteiger partial charge in [-0.15, -0.1) is 0 Å². The van der Waals surface area contributed by atoms with Crippen LogP contribution in [0, 0.1) is 24.1 Å². The summed E-state index contributed by atoms with van der Waals surface area (Å²) >= 11 is 0. The minimum Gasteiger partial charge on any atom is -0.312 e. The van der Waals surface area contributed by atoms with E-state index in [1.165, 1.54) is 12.8 Å². The van der Waals surface area contributed by atoms with E-state index >= 15 is 0 Å². The largest absolute Gasteiger partial charge is 0.312 e. The molecule has 0 radical (unpaired) electrons. The van der Waals surface area contributed by atoms with Gasteiger partial charge < -0.3 is 5.32 Å². The highest BCUT2D eigenvalue weighted by Gasteiger charge is 2.44. The predicted molar refractivity (Wildman–Crippen MR) is 69.3 cm³/mol. The van der Waals surface area contributed by atoms with Crippen LogP contribution < -0.4 is 5.32 Å². The minimum absolute atomic E-state index is 0.103. The highest BCUT2D eigenvalue weighted by molar-refractivity contribution is 5.23. The molecule has 0 spiro atoms. The first-order valence-corrected chi connectivity index (χ1v) is 6.49. The predicted octanol–water partition coefficient (Wildman–Crippen LogP) is 3.66. The Morgan fingerprint density at radius 2 is 2.06 bits per heavy atom. The molecular formula is C15H22FN. The average molecular weight is 235 g/mol. The summed E-state index contributed by atoms with van der Waals surface area (Å²) in [5.41, 5.74) is 2.27. The Labute approximate surface area is 103 Å². The van der Waals surface area contributed by atoms with E-state index in [2.05, 4.69) is 19.2 Å². The van der Waals surface area contributed by atoms with Gasteiger partial charge in [0.2, 0.25) is 0 Å². The molecule has 2 rings (SSSR count). The lowest BCUT2D eigenvalue weighted by Crippen LogP contribution is -2.27. The van der Waals surface area contributed by atoms with E-state index in [1.807, 2.05) is 12.1 Å². The van der Waals surface area contributed by atoms with Crippen LogP contribution in [0.25, 0.3) is 0 Å². The fourth-order valence-electron chi connectivity index (χ4n) is 2.32. The number of halogens is 1. The first kappa shape index (κ1) is 12.6. The molecule has 2 heteroatoms. The van der Waals surface area contributed by atoms with E-state index in [-0.39, 0.29) is 5.82 Å². The quantitative estimate of drug-likeness (QED) is 0.821. The molecule has 0 heterocycles. The second kappa shape index (κ2) is 4.77. The van der Waals surface area contributed by atoms with Crippen LogP contribution in [0.15, 0.2) is 18.2 Å². The van der Waals surface area contributed by atoms with E-state index in [0.717, 1.165) is 30.1 Å². The fraction of sp³-hybridized carbons (Fsp3) is 0.600. The van der Waals surface area contributed by atoms with Gasteiger partial charge in [0.1, 0.15) is 5.82 Å². The smallest absolute Gasteiger partial charge is 0.126 e. The van der Waals surface area contributed by atoms with Gasteiger partial charge in [-0.25, -0.2) is 4.39 Å². The maximum atomic E-state index is 13.4. The summed E-state index contributed by atoms with van der Waals surface area (Å²) in [5, 5.41) is 3.47. The number of benzene rings is 1. The SMILES string of the molecule is Cc1ccc(CNCC2(C(C)C)CC2)cc1F. The molecular weight excluding hydrogens is 213 g/mol. The van der Waals surface area contributed by atoms with Crippen molar-refractivity contribution in [2.45, 2.75) is 40.2 Å². The lowest BCUT2D eigenvalue weighted by molar-refractivity contribution is 0.337. The summed E-state index contributed by atoms with van der Waals surface area (Å²) < 4.78 is 13.4. The van der Waals surface area contributed by atoms with E-state index in [1.54, 1.807) is 13.0 Å². The van der Waals surface area contributed by atoms with Crippen molar-refractivity contribution < 1.29 is 4.39 Å². The number of nitrogens with one attached hydrogen (secondary N) is 1. The molecule has 1 aromatic carbocycles.